The minimum absolute atomic E-state index is 0.106. The maximum atomic E-state index is 14.6. The van der Waals surface area contributed by atoms with Crippen molar-refractivity contribution < 1.29 is 13.2 Å². The van der Waals surface area contributed by atoms with Gasteiger partial charge in [-0.3, -0.25) is 20.0 Å². The van der Waals surface area contributed by atoms with Gasteiger partial charge in [0.25, 0.3) is 5.92 Å². The number of nitrogens with one attached hydrogen (secondary N) is 2. The maximum absolute atomic E-state index is 14.6. The number of likely N-dealkylation sites (tertiary alicyclic amines) is 1. The second-order valence-electron chi connectivity index (χ2n) is 10.0. The summed E-state index contributed by atoms with van der Waals surface area (Å²) in [5.74, 6) is -2.95. The van der Waals surface area contributed by atoms with Crippen LogP contribution in [0.3, 0.4) is 0 Å². The first-order valence-electron chi connectivity index (χ1n) is 12.7. The second-order valence-corrected chi connectivity index (χ2v) is 10.0. The highest BCUT2D eigenvalue weighted by Crippen LogP contribution is 2.35. The number of benzene rings is 2. The molecule has 1 saturated heterocycles. The first kappa shape index (κ1) is 23.6. The number of H-pyrrole nitrogens is 2. The van der Waals surface area contributed by atoms with Gasteiger partial charge in [0.05, 0.1) is 23.4 Å². The Kier molecular flexibility index (Phi) is 5.48. The Morgan fingerprint density at radius 1 is 0.897 bits per heavy atom. The van der Waals surface area contributed by atoms with E-state index in [-0.39, 0.29) is 18.8 Å². The molecular weight excluding hydrogens is 501 g/mol. The Balaban J connectivity index is 1.25. The molecule has 0 unspecified atom stereocenters. The molecular formula is C30H23F3N6. The molecule has 0 radical (unpaired) electrons. The first-order valence-corrected chi connectivity index (χ1v) is 12.7. The third-order valence-electron chi connectivity index (χ3n) is 7.28. The minimum Gasteiger partial charge on any atom is -0.353 e. The van der Waals surface area contributed by atoms with Gasteiger partial charge in [0.1, 0.15) is 11.5 Å². The number of aromatic amines is 2. The molecule has 9 heteroatoms. The van der Waals surface area contributed by atoms with Crippen LogP contribution in [0.5, 0.6) is 0 Å². The van der Waals surface area contributed by atoms with Gasteiger partial charge in [-0.25, -0.2) is 13.2 Å². The summed E-state index contributed by atoms with van der Waals surface area (Å²) in [6.07, 6.45) is 5.06. The van der Waals surface area contributed by atoms with Gasteiger partial charge >= 0.3 is 0 Å². The largest absolute Gasteiger partial charge is 0.353 e. The number of aromatic nitrogens is 5. The number of hydrogen-bond donors (Lipinski definition) is 2. The summed E-state index contributed by atoms with van der Waals surface area (Å²) in [6, 6.07) is 18.4. The molecule has 1 fully saturated rings. The molecule has 0 bridgehead atoms. The highest BCUT2D eigenvalue weighted by molar-refractivity contribution is 6.00. The number of pyridine rings is 2. The van der Waals surface area contributed by atoms with Crippen LogP contribution in [0.2, 0.25) is 0 Å². The normalized spacial score (nSPS) is 15.5. The Labute approximate surface area is 221 Å². The van der Waals surface area contributed by atoms with Gasteiger partial charge in [0.15, 0.2) is 0 Å². The van der Waals surface area contributed by atoms with Crippen LogP contribution >= 0.6 is 0 Å². The molecule has 6 nitrogen and oxygen atoms in total. The average Bonchev–Trinajstić information content (AvgIpc) is 3.64. The summed E-state index contributed by atoms with van der Waals surface area (Å²) in [4.78, 5) is 14.0. The molecule has 6 aromatic rings. The molecule has 0 saturated carbocycles. The van der Waals surface area contributed by atoms with Crippen LogP contribution in [0, 0.1) is 5.82 Å². The minimum atomic E-state index is -2.62. The van der Waals surface area contributed by atoms with Crippen molar-refractivity contribution in [1.82, 2.24) is 30.0 Å². The molecule has 0 amide bonds. The summed E-state index contributed by atoms with van der Waals surface area (Å²) in [7, 11) is 0. The van der Waals surface area contributed by atoms with Crippen molar-refractivity contribution in [3.05, 3.63) is 90.6 Å². The van der Waals surface area contributed by atoms with Crippen molar-refractivity contribution in [3.63, 3.8) is 0 Å². The molecule has 0 spiro atoms. The molecule has 0 aliphatic carbocycles. The number of rotatable bonds is 5. The van der Waals surface area contributed by atoms with E-state index in [0.717, 1.165) is 49.9 Å². The average molecular weight is 525 g/mol. The van der Waals surface area contributed by atoms with Gasteiger partial charge in [0, 0.05) is 65.5 Å². The van der Waals surface area contributed by atoms with Gasteiger partial charge in [-0.05, 0) is 53.6 Å². The Hall–Kier alpha value is -4.50. The van der Waals surface area contributed by atoms with Crippen molar-refractivity contribution in [2.75, 3.05) is 13.1 Å². The summed E-state index contributed by atoms with van der Waals surface area (Å²) in [6.45, 7) is 0.587. The second kappa shape index (κ2) is 9.06. The zero-order valence-corrected chi connectivity index (χ0v) is 20.8. The van der Waals surface area contributed by atoms with Crippen molar-refractivity contribution in [2.24, 2.45) is 0 Å². The lowest BCUT2D eigenvalue weighted by molar-refractivity contribution is 0.0115. The Bertz CT molecular complexity index is 1840. The molecule has 4 aromatic heterocycles. The monoisotopic (exact) mass is 524 g/mol. The first-order chi connectivity index (χ1) is 18.9. The molecule has 1 aliphatic heterocycles. The zero-order valence-electron chi connectivity index (χ0n) is 20.8. The van der Waals surface area contributed by atoms with Crippen molar-refractivity contribution in [3.8, 4) is 33.8 Å². The summed E-state index contributed by atoms with van der Waals surface area (Å²) < 4.78 is 41.8. The van der Waals surface area contributed by atoms with Gasteiger partial charge in [0.2, 0.25) is 0 Å². The topological polar surface area (TPSA) is 73.5 Å². The van der Waals surface area contributed by atoms with Crippen LogP contribution in [0.4, 0.5) is 13.2 Å². The van der Waals surface area contributed by atoms with Gasteiger partial charge < -0.3 is 4.98 Å². The highest BCUT2D eigenvalue weighted by atomic mass is 19.3. The number of fused-ring (bicyclic) bond motifs is 2. The SMILES string of the molecule is Fc1ccccc1-c1nccc2[nH]c(-c3n[nH]c4ccc(-c5cncc(CN6CCC(F)(F)C6)c5)cc34)cc12. The third-order valence-corrected chi connectivity index (χ3v) is 7.28. The third kappa shape index (κ3) is 4.34. The fourth-order valence-corrected chi connectivity index (χ4v) is 5.38. The quantitative estimate of drug-likeness (QED) is 0.260. The number of nitrogens with zero attached hydrogens (tertiary/aromatic N) is 4. The molecule has 194 valence electrons. The van der Waals surface area contributed by atoms with Gasteiger partial charge in [-0.2, -0.15) is 5.10 Å². The predicted molar refractivity (Wildman–Crippen MR) is 145 cm³/mol. The molecule has 7 rings (SSSR count). The standard InChI is InChI=1S/C30H23F3N6/c31-24-4-2-1-3-21(24)28-23-13-27(36-25(23)7-9-35-28)29-22-12-19(5-6-26(22)37-38-29)20-11-18(14-34-15-20)16-39-10-8-30(32,33)17-39/h1-7,9,11-15,36H,8,10,16-17H2,(H,37,38). The molecule has 2 aromatic carbocycles. The number of halogens is 3. The zero-order chi connectivity index (χ0) is 26.6. The smallest absolute Gasteiger partial charge is 0.261 e. The lowest BCUT2D eigenvalue weighted by Crippen LogP contribution is -2.24. The van der Waals surface area contributed by atoms with Crippen LogP contribution in [-0.2, 0) is 6.54 Å². The van der Waals surface area contributed by atoms with Gasteiger partial charge in [-0.15, -0.1) is 0 Å². The van der Waals surface area contributed by atoms with Gasteiger partial charge in [-0.1, -0.05) is 18.2 Å². The summed E-state index contributed by atoms with van der Waals surface area (Å²) >= 11 is 0. The van der Waals surface area contributed by atoms with Crippen LogP contribution in [0.1, 0.15) is 12.0 Å². The van der Waals surface area contributed by atoms with Crippen LogP contribution in [0.25, 0.3) is 55.6 Å². The Morgan fingerprint density at radius 3 is 2.62 bits per heavy atom. The molecule has 39 heavy (non-hydrogen) atoms. The molecule has 5 heterocycles. The van der Waals surface area contributed by atoms with E-state index in [0.29, 0.717) is 24.3 Å². The van der Waals surface area contributed by atoms with E-state index in [1.165, 1.54) is 6.07 Å². The molecule has 1 aliphatic rings. The summed E-state index contributed by atoms with van der Waals surface area (Å²) in [5.41, 5.74) is 6.93. The lowest BCUT2D eigenvalue weighted by atomic mass is 10.0. The van der Waals surface area contributed by atoms with Crippen LogP contribution < -0.4 is 0 Å². The van der Waals surface area contributed by atoms with Crippen molar-refractivity contribution in [2.45, 2.75) is 18.9 Å². The lowest BCUT2D eigenvalue weighted by Gasteiger charge is -2.15. The van der Waals surface area contributed by atoms with E-state index in [4.69, 9.17) is 0 Å². The highest BCUT2D eigenvalue weighted by Gasteiger charge is 2.37. The van der Waals surface area contributed by atoms with Crippen LogP contribution in [0.15, 0.2) is 79.3 Å². The van der Waals surface area contributed by atoms with E-state index < -0.39 is 5.92 Å². The maximum Gasteiger partial charge on any atom is 0.261 e. The molecule has 2 N–H and O–H groups in total. The van der Waals surface area contributed by atoms with E-state index >= 15 is 0 Å². The fraction of sp³-hybridized carbons (Fsp3) is 0.167. The predicted octanol–water partition coefficient (Wildman–Crippen LogP) is 6.82. The van der Waals surface area contributed by atoms with Crippen LogP contribution in [-0.4, -0.2) is 49.1 Å². The van der Waals surface area contributed by atoms with Crippen molar-refractivity contribution >= 4 is 21.8 Å². The van der Waals surface area contributed by atoms with E-state index in [2.05, 4.69) is 25.1 Å². The fourth-order valence-electron chi connectivity index (χ4n) is 5.38. The summed E-state index contributed by atoms with van der Waals surface area (Å²) in [5, 5.41) is 9.37. The van der Waals surface area contributed by atoms with E-state index in [9.17, 15) is 13.2 Å². The van der Waals surface area contributed by atoms with E-state index in [1.54, 1.807) is 41.7 Å². The van der Waals surface area contributed by atoms with E-state index in [1.807, 2.05) is 36.4 Å². The number of hydrogen-bond acceptors (Lipinski definition) is 4. The Morgan fingerprint density at radius 2 is 1.77 bits per heavy atom. The van der Waals surface area contributed by atoms with Crippen molar-refractivity contribution in [1.29, 1.82) is 0 Å². The number of alkyl halides is 2. The molecule has 0 atom stereocenters.